The molecule has 2 aromatic carbocycles. The smallest absolute Gasteiger partial charge is 0.325 e. The van der Waals surface area contributed by atoms with Gasteiger partial charge < -0.3 is 9.30 Å². The van der Waals surface area contributed by atoms with Gasteiger partial charge in [-0.15, -0.1) is 0 Å². The fourth-order valence-electron chi connectivity index (χ4n) is 2.57. The molecule has 0 N–H and O–H groups in total. The summed E-state index contributed by atoms with van der Waals surface area (Å²) < 4.78 is 6.77. The third-order valence-corrected chi connectivity index (χ3v) is 5.01. The molecule has 0 atom stereocenters. The van der Waals surface area contributed by atoms with E-state index in [4.69, 9.17) is 4.74 Å². The van der Waals surface area contributed by atoms with Crippen LogP contribution in [0, 0.1) is 17.0 Å². The summed E-state index contributed by atoms with van der Waals surface area (Å²) in [5, 5.41) is 11.0. The van der Waals surface area contributed by atoms with Crippen LogP contribution in [0.15, 0.2) is 47.5 Å². The largest absolute Gasteiger partial charge is 0.468 e. The molecule has 0 aliphatic heterocycles. The zero-order valence-electron chi connectivity index (χ0n) is 14.5. The highest BCUT2D eigenvalue weighted by Gasteiger charge is 2.16. The van der Waals surface area contributed by atoms with E-state index in [9.17, 15) is 19.7 Å². The Kier molecular flexibility index (Phi) is 5.13. The summed E-state index contributed by atoms with van der Waals surface area (Å²) in [6.07, 6.45) is 0. The molecule has 0 aliphatic carbocycles. The number of methoxy groups -OCH3 is 1. The first-order valence-corrected chi connectivity index (χ1v) is 8.71. The molecule has 0 saturated heterocycles. The van der Waals surface area contributed by atoms with Gasteiger partial charge in [-0.1, -0.05) is 29.5 Å². The van der Waals surface area contributed by atoms with E-state index < -0.39 is 16.8 Å². The lowest BCUT2D eigenvalue weighted by molar-refractivity contribution is -0.384. The number of ether oxygens (including phenoxy) is 1. The maximum atomic E-state index is 12.6. The predicted octanol–water partition coefficient (Wildman–Crippen LogP) is 2.83. The topological polar surface area (TPSA) is 104 Å². The van der Waals surface area contributed by atoms with Crippen molar-refractivity contribution in [3.05, 3.63) is 68.5 Å². The second-order valence-corrected chi connectivity index (χ2v) is 6.70. The number of thiazole rings is 1. The van der Waals surface area contributed by atoms with Crippen molar-refractivity contribution in [2.24, 2.45) is 4.99 Å². The Morgan fingerprint density at radius 1 is 1.26 bits per heavy atom. The highest BCUT2D eigenvalue weighted by molar-refractivity contribution is 7.16. The number of nitrogens with zero attached hydrogens (tertiary/aromatic N) is 3. The van der Waals surface area contributed by atoms with Crippen LogP contribution < -0.4 is 4.80 Å². The first-order valence-electron chi connectivity index (χ1n) is 7.90. The number of carbonyl (C=O) groups excluding carboxylic acids is 2. The van der Waals surface area contributed by atoms with Crippen molar-refractivity contribution in [3.8, 4) is 0 Å². The molecule has 3 aromatic rings. The number of carbonyl (C=O) groups is 2. The van der Waals surface area contributed by atoms with Crippen LogP contribution in [0.4, 0.5) is 5.69 Å². The van der Waals surface area contributed by atoms with Gasteiger partial charge in [0.25, 0.3) is 11.6 Å². The minimum atomic E-state index is -0.516. The molecule has 3 rings (SSSR count). The SMILES string of the molecule is COC(=O)Cn1c(=NC(=O)c2ccccc2C)sc2cc([N+](=O)[O-])ccc21. The zero-order valence-corrected chi connectivity index (χ0v) is 15.4. The Morgan fingerprint density at radius 3 is 2.67 bits per heavy atom. The average Bonchev–Trinajstić information content (AvgIpc) is 2.98. The van der Waals surface area contributed by atoms with E-state index in [2.05, 4.69) is 4.99 Å². The number of rotatable bonds is 4. The fraction of sp³-hybridized carbons (Fsp3) is 0.167. The van der Waals surface area contributed by atoms with Crippen molar-refractivity contribution < 1.29 is 19.2 Å². The first-order chi connectivity index (χ1) is 12.9. The monoisotopic (exact) mass is 385 g/mol. The molecule has 0 radical (unpaired) electrons. The van der Waals surface area contributed by atoms with Gasteiger partial charge >= 0.3 is 5.97 Å². The molecule has 0 spiro atoms. The Balaban J connectivity index is 2.19. The van der Waals surface area contributed by atoms with Crippen LogP contribution in [-0.2, 0) is 16.1 Å². The van der Waals surface area contributed by atoms with Gasteiger partial charge in [0, 0.05) is 17.7 Å². The van der Waals surface area contributed by atoms with Crippen molar-refractivity contribution in [3.63, 3.8) is 0 Å². The van der Waals surface area contributed by atoms with Crippen molar-refractivity contribution in [1.82, 2.24) is 4.57 Å². The molecule has 8 nitrogen and oxygen atoms in total. The average molecular weight is 385 g/mol. The van der Waals surface area contributed by atoms with E-state index in [1.807, 2.05) is 6.07 Å². The number of benzene rings is 2. The molecule has 0 saturated carbocycles. The maximum absolute atomic E-state index is 12.6. The Bertz CT molecular complexity index is 1130. The minimum absolute atomic E-state index is 0.0780. The molecule has 0 unspecified atom stereocenters. The number of nitro benzene ring substituents is 1. The molecule has 1 aromatic heterocycles. The van der Waals surface area contributed by atoms with Gasteiger partial charge in [0.05, 0.1) is 22.2 Å². The van der Waals surface area contributed by atoms with Gasteiger partial charge in [0.2, 0.25) is 0 Å². The number of hydrogen-bond acceptors (Lipinski definition) is 6. The number of hydrogen-bond donors (Lipinski definition) is 0. The molecule has 1 amide bonds. The van der Waals surface area contributed by atoms with Crippen molar-refractivity contribution >= 4 is 39.1 Å². The number of non-ortho nitro benzene ring substituents is 1. The highest BCUT2D eigenvalue weighted by atomic mass is 32.1. The molecule has 138 valence electrons. The standard InChI is InChI=1S/C18H15N3O5S/c1-11-5-3-4-6-13(11)17(23)19-18-20(10-16(22)26-2)14-8-7-12(21(24)25)9-15(14)27-18/h3-9H,10H2,1-2H3. The van der Waals surface area contributed by atoms with Gasteiger partial charge in [-0.25, -0.2) is 0 Å². The molecule has 9 heteroatoms. The van der Waals surface area contributed by atoms with E-state index in [1.165, 1.54) is 29.9 Å². The maximum Gasteiger partial charge on any atom is 0.325 e. The number of aryl methyl sites for hydroxylation is 1. The van der Waals surface area contributed by atoms with Crippen molar-refractivity contribution in [2.45, 2.75) is 13.5 Å². The van der Waals surface area contributed by atoms with Crippen molar-refractivity contribution in [2.75, 3.05) is 7.11 Å². The van der Waals surface area contributed by atoms with Gasteiger partial charge in [-0.3, -0.25) is 19.7 Å². The lowest BCUT2D eigenvalue weighted by Gasteiger charge is -2.04. The van der Waals surface area contributed by atoms with E-state index >= 15 is 0 Å². The Morgan fingerprint density at radius 2 is 2.00 bits per heavy atom. The summed E-state index contributed by atoms with van der Waals surface area (Å²) in [4.78, 5) is 39.3. The number of nitro groups is 1. The summed E-state index contributed by atoms with van der Waals surface area (Å²) in [6.45, 7) is 1.65. The second-order valence-electron chi connectivity index (χ2n) is 5.69. The fourth-order valence-corrected chi connectivity index (χ4v) is 3.63. The van der Waals surface area contributed by atoms with Crippen LogP contribution in [0.25, 0.3) is 10.2 Å². The predicted molar refractivity (Wildman–Crippen MR) is 99.6 cm³/mol. The van der Waals surface area contributed by atoms with E-state index in [-0.39, 0.29) is 17.0 Å². The first kappa shape index (κ1) is 18.5. The van der Waals surface area contributed by atoms with E-state index in [1.54, 1.807) is 25.1 Å². The molecule has 0 bridgehead atoms. The number of fused-ring (bicyclic) bond motifs is 1. The molecular formula is C18H15N3O5S. The van der Waals surface area contributed by atoms with E-state index in [0.29, 0.717) is 15.8 Å². The quantitative estimate of drug-likeness (QED) is 0.390. The van der Waals surface area contributed by atoms with Gasteiger partial charge in [-0.05, 0) is 24.6 Å². The molecule has 0 aliphatic rings. The highest BCUT2D eigenvalue weighted by Crippen LogP contribution is 2.23. The summed E-state index contributed by atoms with van der Waals surface area (Å²) in [7, 11) is 1.26. The number of amides is 1. The number of aromatic nitrogens is 1. The van der Waals surface area contributed by atoms with Crippen LogP contribution in [0.3, 0.4) is 0 Å². The molecular weight excluding hydrogens is 370 g/mol. The summed E-state index contributed by atoms with van der Waals surface area (Å²) >= 11 is 1.10. The number of esters is 1. The Labute approximate surface area is 157 Å². The van der Waals surface area contributed by atoms with Crippen LogP contribution in [0.2, 0.25) is 0 Å². The van der Waals surface area contributed by atoms with Crippen molar-refractivity contribution in [1.29, 1.82) is 0 Å². The van der Waals surface area contributed by atoms with Crippen LogP contribution in [-0.4, -0.2) is 28.5 Å². The van der Waals surface area contributed by atoms with Crippen LogP contribution in [0.1, 0.15) is 15.9 Å². The second kappa shape index (κ2) is 7.50. The summed E-state index contributed by atoms with van der Waals surface area (Å²) in [5.74, 6) is -0.967. The molecule has 0 fully saturated rings. The summed E-state index contributed by atoms with van der Waals surface area (Å²) in [6, 6.07) is 11.3. The van der Waals surface area contributed by atoms with Gasteiger partial charge in [-0.2, -0.15) is 4.99 Å². The third-order valence-electron chi connectivity index (χ3n) is 3.96. The lowest BCUT2D eigenvalue weighted by Crippen LogP contribution is -2.22. The summed E-state index contributed by atoms with van der Waals surface area (Å²) in [5.41, 5.74) is 1.71. The molecule has 1 heterocycles. The van der Waals surface area contributed by atoms with Gasteiger partial charge in [0.15, 0.2) is 4.80 Å². The zero-order chi connectivity index (χ0) is 19.6. The lowest BCUT2D eigenvalue weighted by atomic mass is 10.1. The van der Waals surface area contributed by atoms with E-state index in [0.717, 1.165) is 16.9 Å². The van der Waals surface area contributed by atoms with Crippen LogP contribution in [0.5, 0.6) is 0 Å². The van der Waals surface area contributed by atoms with Crippen LogP contribution >= 0.6 is 11.3 Å². The molecule has 27 heavy (non-hydrogen) atoms. The minimum Gasteiger partial charge on any atom is -0.468 e. The van der Waals surface area contributed by atoms with Gasteiger partial charge in [0.1, 0.15) is 6.54 Å². The normalized spacial score (nSPS) is 11.6. The third kappa shape index (κ3) is 3.77. The Hall–Kier alpha value is -3.33.